The summed E-state index contributed by atoms with van der Waals surface area (Å²) in [5, 5.41) is 2.76. The van der Waals surface area contributed by atoms with Crippen LogP contribution in [0.4, 0.5) is 5.13 Å². The number of nitrogens with two attached hydrogens (primary N) is 1. The van der Waals surface area contributed by atoms with E-state index in [2.05, 4.69) is 22.5 Å². The highest BCUT2D eigenvalue weighted by atomic mass is 32.1. The van der Waals surface area contributed by atoms with Gasteiger partial charge in [0.05, 0.1) is 5.69 Å². The summed E-state index contributed by atoms with van der Waals surface area (Å²) in [6, 6.07) is 4.21. The van der Waals surface area contributed by atoms with Crippen molar-refractivity contribution < 1.29 is 0 Å². The minimum atomic E-state index is 0.670. The van der Waals surface area contributed by atoms with E-state index in [0.29, 0.717) is 5.13 Å². The summed E-state index contributed by atoms with van der Waals surface area (Å²) in [6.45, 7) is 2.01. The van der Waals surface area contributed by atoms with Crippen LogP contribution in [-0.2, 0) is 6.42 Å². The zero-order valence-electron chi connectivity index (χ0n) is 7.28. The second-order valence-corrected chi connectivity index (χ2v) is 4.96. The monoisotopic (exact) mass is 210 g/mol. The van der Waals surface area contributed by atoms with Crippen molar-refractivity contribution in [2.75, 3.05) is 5.73 Å². The number of aryl methyl sites for hydroxylation is 1. The highest BCUT2D eigenvalue weighted by molar-refractivity contribution is 7.15. The standard InChI is InChI=1S/C9H10N2S2/c1-6-8(13-9(10)11-6)5-7-3-2-4-12-7/h2-4H,5H2,1H3,(H2,10,11). The number of nitrogens with zero attached hydrogens (tertiary/aromatic N) is 1. The molecule has 0 aromatic carbocycles. The fraction of sp³-hybridized carbons (Fsp3) is 0.222. The van der Waals surface area contributed by atoms with Crippen molar-refractivity contribution >= 4 is 27.8 Å². The van der Waals surface area contributed by atoms with Gasteiger partial charge in [-0.3, -0.25) is 0 Å². The Hall–Kier alpha value is -0.870. The summed E-state index contributed by atoms with van der Waals surface area (Å²) in [7, 11) is 0. The lowest BCUT2D eigenvalue weighted by molar-refractivity contribution is 1.17. The quantitative estimate of drug-likeness (QED) is 0.827. The first kappa shape index (κ1) is 8.72. The largest absolute Gasteiger partial charge is 0.375 e. The fourth-order valence-electron chi connectivity index (χ4n) is 1.19. The lowest BCUT2D eigenvalue weighted by Gasteiger charge is -1.93. The normalized spacial score (nSPS) is 10.5. The van der Waals surface area contributed by atoms with Gasteiger partial charge < -0.3 is 5.73 Å². The molecule has 0 saturated carbocycles. The summed E-state index contributed by atoms with van der Waals surface area (Å²) in [4.78, 5) is 6.84. The molecule has 0 radical (unpaired) electrons. The molecule has 0 aliphatic carbocycles. The maximum Gasteiger partial charge on any atom is 0.180 e. The molecule has 2 N–H and O–H groups in total. The Kier molecular flexibility index (Phi) is 2.33. The zero-order chi connectivity index (χ0) is 9.26. The first-order valence-electron chi connectivity index (χ1n) is 4.00. The Morgan fingerprint density at radius 1 is 1.54 bits per heavy atom. The summed E-state index contributed by atoms with van der Waals surface area (Å²) in [5.74, 6) is 0. The van der Waals surface area contributed by atoms with Crippen molar-refractivity contribution in [1.29, 1.82) is 0 Å². The van der Waals surface area contributed by atoms with E-state index < -0.39 is 0 Å². The van der Waals surface area contributed by atoms with Gasteiger partial charge in [0.25, 0.3) is 0 Å². The van der Waals surface area contributed by atoms with Crippen LogP contribution >= 0.6 is 22.7 Å². The van der Waals surface area contributed by atoms with Crippen molar-refractivity contribution in [3.63, 3.8) is 0 Å². The Morgan fingerprint density at radius 2 is 2.38 bits per heavy atom. The van der Waals surface area contributed by atoms with Gasteiger partial charge in [0.1, 0.15) is 0 Å². The van der Waals surface area contributed by atoms with Gasteiger partial charge in [-0.1, -0.05) is 6.07 Å². The van der Waals surface area contributed by atoms with E-state index in [-0.39, 0.29) is 0 Å². The number of rotatable bonds is 2. The molecule has 0 bridgehead atoms. The van der Waals surface area contributed by atoms with Crippen molar-refractivity contribution in [2.24, 2.45) is 0 Å². The van der Waals surface area contributed by atoms with Crippen LogP contribution in [0.2, 0.25) is 0 Å². The van der Waals surface area contributed by atoms with Gasteiger partial charge in [0.2, 0.25) is 0 Å². The molecule has 2 nitrogen and oxygen atoms in total. The van der Waals surface area contributed by atoms with Crippen molar-refractivity contribution in [3.05, 3.63) is 33.0 Å². The number of nitrogen functional groups attached to an aromatic ring is 1. The fourth-order valence-corrected chi connectivity index (χ4v) is 2.85. The van der Waals surface area contributed by atoms with Crippen LogP contribution in [0.5, 0.6) is 0 Å². The highest BCUT2D eigenvalue weighted by Crippen LogP contribution is 2.24. The third kappa shape index (κ3) is 1.89. The molecular weight excluding hydrogens is 200 g/mol. The number of thiophene rings is 1. The maximum atomic E-state index is 5.62. The minimum absolute atomic E-state index is 0.670. The third-order valence-corrected chi connectivity index (χ3v) is 3.69. The van der Waals surface area contributed by atoms with Crippen LogP contribution in [0, 0.1) is 6.92 Å². The summed E-state index contributed by atoms with van der Waals surface area (Å²) in [6.07, 6.45) is 0.971. The second-order valence-electron chi connectivity index (χ2n) is 2.82. The Balaban J connectivity index is 2.23. The third-order valence-electron chi connectivity index (χ3n) is 1.82. The van der Waals surface area contributed by atoms with E-state index in [1.807, 2.05) is 6.92 Å². The molecular formula is C9H10N2S2. The summed E-state index contributed by atoms with van der Waals surface area (Å²) < 4.78 is 0. The molecule has 2 aromatic heterocycles. The Bertz CT molecular complexity index is 390. The van der Waals surface area contributed by atoms with Crippen molar-refractivity contribution in [1.82, 2.24) is 4.98 Å². The average Bonchev–Trinajstić information content (AvgIpc) is 2.63. The van der Waals surface area contributed by atoms with Crippen LogP contribution in [0.1, 0.15) is 15.4 Å². The second kappa shape index (κ2) is 3.47. The smallest absolute Gasteiger partial charge is 0.180 e. The van der Waals surface area contributed by atoms with Gasteiger partial charge in [0.15, 0.2) is 5.13 Å². The molecule has 0 unspecified atom stereocenters. The minimum Gasteiger partial charge on any atom is -0.375 e. The van der Waals surface area contributed by atoms with Crippen molar-refractivity contribution in [3.8, 4) is 0 Å². The Morgan fingerprint density at radius 3 is 2.92 bits per heavy atom. The number of hydrogen-bond donors (Lipinski definition) is 1. The van der Waals surface area contributed by atoms with Crippen LogP contribution in [0.25, 0.3) is 0 Å². The summed E-state index contributed by atoms with van der Waals surface area (Å²) in [5.41, 5.74) is 6.68. The molecule has 68 valence electrons. The van der Waals surface area contributed by atoms with E-state index in [1.165, 1.54) is 9.75 Å². The molecule has 4 heteroatoms. The van der Waals surface area contributed by atoms with Gasteiger partial charge in [-0.05, 0) is 18.4 Å². The maximum absolute atomic E-state index is 5.62. The van der Waals surface area contributed by atoms with E-state index in [4.69, 9.17) is 5.73 Å². The average molecular weight is 210 g/mol. The summed E-state index contributed by atoms with van der Waals surface area (Å²) >= 11 is 3.36. The molecule has 0 atom stereocenters. The Labute approximate surface area is 85.1 Å². The lowest BCUT2D eigenvalue weighted by atomic mass is 10.3. The van der Waals surface area contributed by atoms with Gasteiger partial charge in [0, 0.05) is 16.2 Å². The topological polar surface area (TPSA) is 38.9 Å². The molecule has 0 saturated heterocycles. The molecule has 0 amide bonds. The van der Waals surface area contributed by atoms with Gasteiger partial charge in [-0.15, -0.1) is 22.7 Å². The molecule has 0 fully saturated rings. The molecule has 13 heavy (non-hydrogen) atoms. The van der Waals surface area contributed by atoms with Crippen LogP contribution in [-0.4, -0.2) is 4.98 Å². The predicted octanol–water partition coefficient (Wildman–Crippen LogP) is 2.69. The van der Waals surface area contributed by atoms with Gasteiger partial charge in [-0.2, -0.15) is 0 Å². The lowest BCUT2D eigenvalue weighted by Crippen LogP contribution is -1.83. The van der Waals surface area contributed by atoms with Crippen molar-refractivity contribution in [2.45, 2.75) is 13.3 Å². The first-order valence-corrected chi connectivity index (χ1v) is 5.69. The van der Waals surface area contributed by atoms with E-state index in [9.17, 15) is 0 Å². The molecule has 2 heterocycles. The van der Waals surface area contributed by atoms with Crippen LogP contribution in [0.15, 0.2) is 17.5 Å². The first-order chi connectivity index (χ1) is 6.25. The molecule has 0 spiro atoms. The van der Waals surface area contributed by atoms with E-state index >= 15 is 0 Å². The highest BCUT2D eigenvalue weighted by Gasteiger charge is 2.06. The molecule has 2 aromatic rings. The molecule has 0 aliphatic heterocycles. The van der Waals surface area contributed by atoms with E-state index in [1.54, 1.807) is 22.7 Å². The molecule has 2 rings (SSSR count). The zero-order valence-corrected chi connectivity index (χ0v) is 8.91. The van der Waals surface area contributed by atoms with Gasteiger partial charge >= 0.3 is 0 Å². The number of aromatic nitrogens is 1. The molecule has 0 aliphatic rings. The van der Waals surface area contributed by atoms with Crippen LogP contribution < -0.4 is 5.73 Å². The number of hydrogen-bond acceptors (Lipinski definition) is 4. The van der Waals surface area contributed by atoms with Gasteiger partial charge in [-0.25, -0.2) is 4.98 Å². The van der Waals surface area contributed by atoms with E-state index in [0.717, 1.165) is 12.1 Å². The number of thiazole rings is 1. The number of anilines is 1. The SMILES string of the molecule is Cc1nc(N)sc1Cc1cccs1. The van der Waals surface area contributed by atoms with Crippen LogP contribution in [0.3, 0.4) is 0 Å². The predicted molar refractivity (Wildman–Crippen MR) is 58.4 cm³/mol.